The minimum Gasteiger partial charge on any atom is -0.494 e. The maximum Gasteiger partial charge on any atom is 0.277 e. The molecule has 1 heterocycles. The Bertz CT molecular complexity index is 678. The zero-order chi connectivity index (χ0) is 16.4. The number of carbonyl (C=O) groups is 2. The molecular weight excluding hydrogens is 443 g/mol. The van der Waals surface area contributed by atoms with Crippen LogP contribution in [0.4, 0.5) is 5.69 Å². The molecule has 0 saturated carbocycles. The maximum absolute atomic E-state index is 12.1. The molecule has 22 heavy (non-hydrogen) atoms. The van der Waals surface area contributed by atoms with Crippen LogP contribution >= 0.6 is 43.5 Å². The first-order valence-electron chi connectivity index (χ1n) is 6.07. The number of amides is 2. The van der Waals surface area contributed by atoms with Crippen LogP contribution in [0.25, 0.3) is 0 Å². The number of nitrogens with one attached hydrogen (secondary N) is 1. The third kappa shape index (κ3) is 3.15. The van der Waals surface area contributed by atoms with Gasteiger partial charge in [-0.15, -0.1) is 0 Å². The van der Waals surface area contributed by atoms with Crippen molar-refractivity contribution in [3.8, 4) is 5.75 Å². The molecule has 0 spiro atoms. The van der Waals surface area contributed by atoms with Gasteiger partial charge in [0, 0.05) is 10.5 Å². The van der Waals surface area contributed by atoms with E-state index in [1.54, 1.807) is 6.07 Å². The number of hydrogen-bond donors (Lipinski definition) is 2. The third-order valence-electron chi connectivity index (χ3n) is 2.94. The van der Waals surface area contributed by atoms with Crippen LogP contribution in [0.15, 0.2) is 26.8 Å². The summed E-state index contributed by atoms with van der Waals surface area (Å²) >= 11 is 12.8. The smallest absolute Gasteiger partial charge is 0.277 e. The van der Waals surface area contributed by atoms with Gasteiger partial charge in [0.2, 0.25) is 0 Å². The molecule has 0 atom stereocenters. The van der Waals surface area contributed by atoms with Crippen molar-refractivity contribution in [2.24, 2.45) is 0 Å². The molecule has 0 saturated heterocycles. The summed E-state index contributed by atoms with van der Waals surface area (Å²) in [5.41, 5.74) is 0.504. The van der Waals surface area contributed by atoms with Gasteiger partial charge in [-0.3, -0.25) is 14.5 Å². The Morgan fingerprint density at radius 2 is 2.09 bits per heavy atom. The van der Waals surface area contributed by atoms with Crippen LogP contribution in [-0.2, 0) is 9.59 Å². The van der Waals surface area contributed by atoms with E-state index in [0.717, 1.165) is 4.90 Å². The van der Waals surface area contributed by atoms with E-state index in [0.29, 0.717) is 25.4 Å². The number of aliphatic hydroxyl groups is 1. The Morgan fingerprint density at radius 1 is 1.41 bits per heavy atom. The summed E-state index contributed by atoms with van der Waals surface area (Å²) < 4.78 is 6.36. The second-order valence-corrected chi connectivity index (χ2v) is 6.29. The van der Waals surface area contributed by atoms with Crippen LogP contribution in [0.1, 0.15) is 0 Å². The van der Waals surface area contributed by atoms with Crippen molar-refractivity contribution in [3.63, 3.8) is 0 Å². The quantitative estimate of drug-likeness (QED) is 0.528. The molecular formula is C13H11Br2ClN2O4. The molecule has 6 nitrogen and oxygen atoms in total. The van der Waals surface area contributed by atoms with E-state index in [2.05, 4.69) is 37.2 Å². The van der Waals surface area contributed by atoms with Gasteiger partial charge in [-0.2, -0.15) is 0 Å². The van der Waals surface area contributed by atoms with Crippen molar-refractivity contribution in [1.29, 1.82) is 0 Å². The summed E-state index contributed by atoms with van der Waals surface area (Å²) in [7, 11) is 1.47. The predicted molar refractivity (Wildman–Crippen MR) is 88.9 cm³/mol. The topological polar surface area (TPSA) is 78.9 Å². The fourth-order valence-corrected chi connectivity index (χ4v) is 3.22. The van der Waals surface area contributed by atoms with Crippen LogP contribution in [0.2, 0.25) is 5.02 Å². The zero-order valence-corrected chi connectivity index (χ0v) is 15.2. The van der Waals surface area contributed by atoms with Gasteiger partial charge in [-0.05, 0) is 37.9 Å². The number of methoxy groups -OCH3 is 1. The fraction of sp³-hybridized carbons (Fsp3) is 0.231. The van der Waals surface area contributed by atoms with E-state index in [4.69, 9.17) is 21.4 Å². The number of benzene rings is 1. The SMILES string of the molecule is COc1cc(Br)c(Cl)c(Br)c1NC1=CC(=O)N(CCO)C1=O. The van der Waals surface area contributed by atoms with Gasteiger partial charge in [-0.1, -0.05) is 11.6 Å². The number of imide groups is 1. The molecule has 2 rings (SSSR count). The van der Waals surface area contributed by atoms with Crippen LogP contribution in [0, 0.1) is 0 Å². The lowest BCUT2D eigenvalue weighted by molar-refractivity contribution is -0.137. The summed E-state index contributed by atoms with van der Waals surface area (Å²) in [6.45, 7) is -0.353. The first kappa shape index (κ1) is 17.3. The van der Waals surface area contributed by atoms with Crippen molar-refractivity contribution >= 4 is 61.0 Å². The summed E-state index contributed by atoms with van der Waals surface area (Å²) in [4.78, 5) is 24.8. The molecule has 1 aliphatic rings. The van der Waals surface area contributed by atoms with E-state index in [1.807, 2.05) is 0 Å². The van der Waals surface area contributed by atoms with Crippen LogP contribution in [-0.4, -0.2) is 42.1 Å². The van der Waals surface area contributed by atoms with Gasteiger partial charge in [0.25, 0.3) is 11.8 Å². The van der Waals surface area contributed by atoms with E-state index >= 15 is 0 Å². The minimum atomic E-state index is -0.521. The van der Waals surface area contributed by atoms with Crippen LogP contribution in [0.3, 0.4) is 0 Å². The molecule has 0 fully saturated rings. The standard InChI is InChI=1S/C13H11Br2ClN2O4/c1-22-8-4-6(14)11(16)10(15)12(8)17-7-5-9(20)18(2-3-19)13(7)21/h4-5,17,19H,2-3H2,1H3. The van der Waals surface area contributed by atoms with Crippen molar-refractivity contribution in [3.05, 3.63) is 31.8 Å². The van der Waals surface area contributed by atoms with Gasteiger partial charge in [0.1, 0.15) is 11.4 Å². The first-order chi connectivity index (χ1) is 10.4. The number of β-amino-alcohol motifs (C(OH)–C–C–N with tert-alkyl or cyclic N) is 1. The predicted octanol–water partition coefficient (Wildman–Crippen LogP) is 2.53. The lowest BCUT2D eigenvalue weighted by Crippen LogP contribution is -2.34. The first-order valence-corrected chi connectivity index (χ1v) is 8.04. The molecule has 1 aliphatic heterocycles. The van der Waals surface area contributed by atoms with Crippen molar-refractivity contribution in [1.82, 2.24) is 4.90 Å². The van der Waals surface area contributed by atoms with Gasteiger partial charge in [0.05, 0.1) is 35.4 Å². The molecule has 9 heteroatoms. The molecule has 2 amide bonds. The third-order valence-corrected chi connectivity index (χ3v) is 5.21. The van der Waals surface area contributed by atoms with Crippen molar-refractivity contribution < 1.29 is 19.4 Å². The average molecular weight is 455 g/mol. The monoisotopic (exact) mass is 452 g/mol. The highest BCUT2D eigenvalue weighted by Crippen LogP contribution is 2.43. The second-order valence-electron chi connectivity index (χ2n) is 4.27. The number of anilines is 1. The number of aliphatic hydroxyl groups excluding tert-OH is 1. The van der Waals surface area contributed by atoms with Gasteiger partial charge < -0.3 is 15.2 Å². The summed E-state index contributed by atoms with van der Waals surface area (Å²) in [5.74, 6) is -0.572. The lowest BCUT2D eigenvalue weighted by Gasteiger charge is -2.17. The molecule has 0 aromatic heterocycles. The van der Waals surface area contributed by atoms with Gasteiger partial charge in [-0.25, -0.2) is 0 Å². The normalized spacial score (nSPS) is 14.4. The Kier molecular flexibility index (Phi) is 5.49. The number of ether oxygens (including phenoxy) is 1. The van der Waals surface area contributed by atoms with Crippen molar-refractivity contribution in [2.75, 3.05) is 25.6 Å². The highest BCUT2D eigenvalue weighted by atomic mass is 79.9. The number of halogens is 3. The Balaban J connectivity index is 2.36. The van der Waals surface area contributed by atoms with E-state index in [9.17, 15) is 9.59 Å². The molecule has 118 valence electrons. The summed E-state index contributed by atoms with van der Waals surface area (Å²) in [6.07, 6.45) is 1.17. The highest BCUT2D eigenvalue weighted by Gasteiger charge is 2.31. The highest BCUT2D eigenvalue weighted by molar-refractivity contribution is 9.11. The van der Waals surface area contributed by atoms with Gasteiger partial charge in [0.15, 0.2) is 0 Å². The number of nitrogens with zero attached hydrogens (tertiary/aromatic N) is 1. The molecule has 0 aliphatic carbocycles. The van der Waals surface area contributed by atoms with Crippen LogP contribution in [0.5, 0.6) is 5.75 Å². The summed E-state index contributed by atoms with van der Waals surface area (Å²) in [6, 6.07) is 1.64. The Morgan fingerprint density at radius 3 is 2.68 bits per heavy atom. The maximum atomic E-state index is 12.1. The molecule has 2 N–H and O–H groups in total. The number of hydrogen-bond acceptors (Lipinski definition) is 5. The van der Waals surface area contributed by atoms with Crippen LogP contribution < -0.4 is 10.1 Å². The van der Waals surface area contributed by atoms with E-state index in [1.165, 1.54) is 13.2 Å². The fourth-order valence-electron chi connectivity index (χ4n) is 1.90. The molecule has 1 aromatic carbocycles. The zero-order valence-electron chi connectivity index (χ0n) is 11.3. The molecule has 0 radical (unpaired) electrons. The minimum absolute atomic E-state index is 0.0568. The average Bonchev–Trinajstić information content (AvgIpc) is 2.75. The van der Waals surface area contributed by atoms with E-state index < -0.39 is 11.8 Å². The number of rotatable bonds is 5. The second kappa shape index (κ2) is 6.99. The van der Waals surface area contributed by atoms with E-state index in [-0.39, 0.29) is 18.8 Å². The Hall–Kier alpha value is -1.09. The molecule has 1 aromatic rings. The lowest BCUT2D eigenvalue weighted by atomic mass is 10.2. The largest absolute Gasteiger partial charge is 0.494 e. The Labute approximate surface area is 148 Å². The van der Waals surface area contributed by atoms with Crippen molar-refractivity contribution in [2.45, 2.75) is 0 Å². The molecule has 0 bridgehead atoms. The van der Waals surface area contributed by atoms with Gasteiger partial charge >= 0.3 is 0 Å². The molecule has 0 unspecified atom stereocenters. The number of carbonyl (C=O) groups excluding carboxylic acids is 2. The summed E-state index contributed by atoms with van der Waals surface area (Å²) in [5, 5.41) is 12.1.